The number of methoxy groups -OCH3 is 1. The van der Waals surface area contributed by atoms with Crippen LogP contribution in [0.1, 0.15) is 19.8 Å². The Bertz CT molecular complexity index is 255. The molecular formula is C8H11NO3. The fourth-order valence-electron chi connectivity index (χ4n) is 1.15. The summed E-state index contributed by atoms with van der Waals surface area (Å²) in [5, 5.41) is 2.46. The van der Waals surface area contributed by atoms with Crippen LogP contribution in [0.2, 0.25) is 0 Å². The third kappa shape index (κ3) is 1.64. The lowest BCUT2D eigenvalue weighted by molar-refractivity contribution is -0.121. The number of ether oxygens (including phenoxy) is 1. The van der Waals surface area contributed by atoms with Crippen LogP contribution in [0.15, 0.2) is 11.5 Å². The molecule has 1 aliphatic rings. The summed E-state index contributed by atoms with van der Waals surface area (Å²) in [7, 11) is 1.50. The van der Waals surface area contributed by atoms with Gasteiger partial charge in [-0.2, -0.15) is 0 Å². The second-order valence-electron chi connectivity index (χ2n) is 2.61. The van der Waals surface area contributed by atoms with Gasteiger partial charge in [0.25, 0.3) is 0 Å². The number of nitrogens with one attached hydrogen (secondary N) is 1. The van der Waals surface area contributed by atoms with E-state index in [1.807, 2.05) is 0 Å². The number of Topliss-reactive ketones (excluding diaryl/α,β-unsaturated/α-hetero) is 1. The molecule has 0 saturated heterocycles. The maximum Gasteiger partial charge on any atom is 0.221 e. The normalized spacial score (nSPS) is 16.7. The molecule has 0 aromatic heterocycles. The molecule has 0 saturated carbocycles. The Labute approximate surface area is 70.6 Å². The van der Waals surface area contributed by atoms with Crippen LogP contribution < -0.4 is 5.32 Å². The Balaban J connectivity index is 2.80. The molecule has 1 amide bonds. The van der Waals surface area contributed by atoms with Crippen molar-refractivity contribution in [2.45, 2.75) is 19.8 Å². The third-order valence-corrected chi connectivity index (χ3v) is 1.68. The fraction of sp³-hybridized carbons (Fsp3) is 0.500. The molecule has 0 heterocycles. The molecule has 1 rings (SSSR count). The maximum atomic E-state index is 11.1. The summed E-state index contributed by atoms with van der Waals surface area (Å²) in [6, 6.07) is 0. The average molecular weight is 169 g/mol. The molecule has 0 radical (unpaired) electrons. The van der Waals surface area contributed by atoms with Crippen molar-refractivity contribution in [3.8, 4) is 0 Å². The first kappa shape index (κ1) is 8.77. The van der Waals surface area contributed by atoms with Gasteiger partial charge in [0.2, 0.25) is 5.91 Å². The van der Waals surface area contributed by atoms with Crippen LogP contribution in [-0.4, -0.2) is 18.8 Å². The molecule has 0 spiro atoms. The summed E-state index contributed by atoms with van der Waals surface area (Å²) in [5.74, 6) is 0.284. The molecule has 12 heavy (non-hydrogen) atoms. The minimum atomic E-state index is -0.241. The second-order valence-corrected chi connectivity index (χ2v) is 2.61. The predicted octanol–water partition coefficient (Wildman–Crippen LogP) is 0.343. The van der Waals surface area contributed by atoms with Crippen molar-refractivity contribution in [1.29, 1.82) is 0 Å². The average Bonchev–Trinajstić information content (AvgIpc) is 2.32. The molecule has 0 fully saturated rings. The van der Waals surface area contributed by atoms with Crippen molar-refractivity contribution in [2.24, 2.45) is 0 Å². The van der Waals surface area contributed by atoms with Gasteiger partial charge in [0, 0.05) is 19.8 Å². The minimum Gasteiger partial charge on any atom is -0.499 e. The Hall–Kier alpha value is -1.32. The van der Waals surface area contributed by atoms with E-state index in [2.05, 4.69) is 5.32 Å². The summed E-state index contributed by atoms with van der Waals surface area (Å²) in [6.45, 7) is 1.37. The molecule has 0 unspecified atom stereocenters. The van der Waals surface area contributed by atoms with Crippen molar-refractivity contribution in [3.63, 3.8) is 0 Å². The number of hydrogen-bond donors (Lipinski definition) is 1. The van der Waals surface area contributed by atoms with Gasteiger partial charge in [0.05, 0.1) is 7.11 Å². The van der Waals surface area contributed by atoms with E-state index in [0.717, 1.165) is 0 Å². The quantitative estimate of drug-likeness (QED) is 0.648. The fourth-order valence-corrected chi connectivity index (χ4v) is 1.15. The topological polar surface area (TPSA) is 55.4 Å². The molecular weight excluding hydrogens is 158 g/mol. The third-order valence-electron chi connectivity index (χ3n) is 1.68. The second kappa shape index (κ2) is 3.38. The molecule has 4 heteroatoms. The molecule has 0 aliphatic heterocycles. The molecule has 0 bridgehead atoms. The van der Waals surface area contributed by atoms with Gasteiger partial charge in [-0.25, -0.2) is 0 Å². The Morgan fingerprint density at radius 1 is 1.50 bits per heavy atom. The highest BCUT2D eigenvalue weighted by Gasteiger charge is 2.24. The van der Waals surface area contributed by atoms with Gasteiger partial charge in [-0.05, 0) is 0 Å². The zero-order chi connectivity index (χ0) is 9.14. The van der Waals surface area contributed by atoms with Gasteiger partial charge in [-0.1, -0.05) is 0 Å². The van der Waals surface area contributed by atoms with Gasteiger partial charge in [0.15, 0.2) is 5.78 Å². The number of allylic oxidation sites excluding steroid dienone is 2. The summed E-state index contributed by atoms with van der Waals surface area (Å²) < 4.78 is 4.94. The standard InChI is InChI=1S/C8H11NO3/c1-5(10)9-8-6(11)3-4-7(8)12-2/h3-4H2,1-2H3,(H,9,10). The lowest BCUT2D eigenvalue weighted by atomic mass is 10.3. The largest absolute Gasteiger partial charge is 0.499 e. The smallest absolute Gasteiger partial charge is 0.221 e. The lowest BCUT2D eigenvalue weighted by Gasteiger charge is -2.04. The molecule has 4 nitrogen and oxygen atoms in total. The summed E-state index contributed by atoms with van der Waals surface area (Å²) in [6.07, 6.45) is 1.02. The number of ketones is 1. The zero-order valence-corrected chi connectivity index (χ0v) is 7.14. The van der Waals surface area contributed by atoms with Crippen LogP contribution in [0.3, 0.4) is 0 Å². The number of amides is 1. The van der Waals surface area contributed by atoms with Gasteiger partial charge >= 0.3 is 0 Å². The van der Waals surface area contributed by atoms with Crippen LogP contribution in [0.5, 0.6) is 0 Å². The van der Waals surface area contributed by atoms with E-state index in [9.17, 15) is 9.59 Å². The molecule has 1 N–H and O–H groups in total. The first-order valence-electron chi connectivity index (χ1n) is 3.73. The van der Waals surface area contributed by atoms with Crippen molar-refractivity contribution in [1.82, 2.24) is 5.32 Å². The van der Waals surface area contributed by atoms with E-state index in [1.54, 1.807) is 0 Å². The predicted molar refractivity (Wildman–Crippen MR) is 42.1 cm³/mol. The summed E-state index contributed by atoms with van der Waals surface area (Å²) in [4.78, 5) is 21.8. The Morgan fingerprint density at radius 2 is 2.17 bits per heavy atom. The Kier molecular flexibility index (Phi) is 2.47. The van der Waals surface area contributed by atoms with Crippen molar-refractivity contribution < 1.29 is 14.3 Å². The van der Waals surface area contributed by atoms with Crippen LogP contribution in [0.4, 0.5) is 0 Å². The highest BCUT2D eigenvalue weighted by atomic mass is 16.5. The van der Waals surface area contributed by atoms with Crippen molar-refractivity contribution in [3.05, 3.63) is 11.5 Å². The van der Waals surface area contributed by atoms with E-state index in [-0.39, 0.29) is 11.7 Å². The summed E-state index contributed by atoms with van der Waals surface area (Å²) >= 11 is 0. The van der Waals surface area contributed by atoms with Crippen LogP contribution in [0, 0.1) is 0 Å². The molecule has 66 valence electrons. The first-order chi connectivity index (χ1) is 5.65. The van der Waals surface area contributed by atoms with E-state index in [4.69, 9.17) is 4.74 Å². The van der Waals surface area contributed by atoms with Crippen LogP contribution in [0.25, 0.3) is 0 Å². The molecule has 0 aromatic rings. The zero-order valence-electron chi connectivity index (χ0n) is 7.14. The Morgan fingerprint density at radius 3 is 2.67 bits per heavy atom. The van der Waals surface area contributed by atoms with E-state index in [1.165, 1.54) is 14.0 Å². The van der Waals surface area contributed by atoms with Crippen LogP contribution in [-0.2, 0) is 14.3 Å². The van der Waals surface area contributed by atoms with Crippen molar-refractivity contribution in [2.75, 3.05) is 7.11 Å². The molecule has 1 aliphatic carbocycles. The minimum absolute atomic E-state index is 0.0537. The van der Waals surface area contributed by atoms with Gasteiger partial charge in [0.1, 0.15) is 11.5 Å². The highest BCUT2D eigenvalue weighted by Crippen LogP contribution is 2.20. The lowest BCUT2D eigenvalue weighted by Crippen LogP contribution is -2.23. The number of carbonyl (C=O) groups is 2. The van der Waals surface area contributed by atoms with E-state index >= 15 is 0 Å². The SMILES string of the molecule is COC1=C(NC(C)=O)C(=O)CC1. The van der Waals surface area contributed by atoms with Gasteiger partial charge < -0.3 is 10.1 Å². The summed E-state index contributed by atoms with van der Waals surface area (Å²) in [5.41, 5.74) is 0.324. The molecule has 0 aromatic carbocycles. The van der Waals surface area contributed by atoms with Crippen LogP contribution >= 0.6 is 0 Å². The van der Waals surface area contributed by atoms with Gasteiger partial charge in [-0.15, -0.1) is 0 Å². The number of rotatable bonds is 2. The first-order valence-corrected chi connectivity index (χ1v) is 3.73. The maximum absolute atomic E-state index is 11.1. The number of carbonyl (C=O) groups excluding carboxylic acids is 2. The highest BCUT2D eigenvalue weighted by molar-refractivity contribution is 6.01. The van der Waals surface area contributed by atoms with Crippen molar-refractivity contribution >= 4 is 11.7 Å². The molecule has 0 atom stereocenters. The monoisotopic (exact) mass is 169 g/mol. The van der Waals surface area contributed by atoms with Gasteiger partial charge in [-0.3, -0.25) is 9.59 Å². The van der Waals surface area contributed by atoms with E-state index < -0.39 is 0 Å². The van der Waals surface area contributed by atoms with E-state index in [0.29, 0.717) is 24.3 Å². The number of hydrogen-bond acceptors (Lipinski definition) is 3.